The van der Waals surface area contributed by atoms with Crippen LogP contribution in [0, 0.1) is 11.6 Å². The van der Waals surface area contributed by atoms with E-state index in [0.717, 1.165) is 12.1 Å². The van der Waals surface area contributed by atoms with Gasteiger partial charge in [0, 0.05) is 6.42 Å². The molecule has 26 heavy (non-hydrogen) atoms. The fourth-order valence-electron chi connectivity index (χ4n) is 2.57. The Kier molecular flexibility index (Phi) is 4.12. The van der Waals surface area contributed by atoms with E-state index in [1.807, 2.05) is 0 Å². The number of anilines is 1. The number of benzene rings is 1. The van der Waals surface area contributed by atoms with Crippen molar-refractivity contribution in [3.05, 3.63) is 29.7 Å². The van der Waals surface area contributed by atoms with Crippen LogP contribution in [-0.4, -0.2) is 33.2 Å². The van der Waals surface area contributed by atoms with Crippen molar-refractivity contribution in [2.24, 2.45) is 0 Å². The second-order valence-corrected chi connectivity index (χ2v) is 5.34. The lowest BCUT2D eigenvalue weighted by molar-refractivity contribution is -0.159. The Bertz CT molecular complexity index is 895. The van der Waals surface area contributed by atoms with Crippen molar-refractivity contribution in [2.75, 3.05) is 4.90 Å². The molecule has 12 heteroatoms. The number of halogens is 5. The van der Waals surface area contributed by atoms with Gasteiger partial charge in [0.05, 0.1) is 11.3 Å². The maximum absolute atomic E-state index is 14.4. The number of nitrogens with zero attached hydrogens (tertiary/aromatic N) is 3. The predicted molar refractivity (Wildman–Crippen MR) is 72.8 cm³/mol. The quantitative estimate of drug-likeness (QED) is 0.826. The number of aliphatic carboxylic acids is 1. The van der Waals surface area contributed by atoms with Crippen molar-refractivity contribution in [1.29, 1.82) is 0 Å². The number of carboxylic acids is 1. The van der Waals surface area contributed by atoms with E-state index in [2.05, 4.69) is 14.7 Å². The molecule has 1 atom stereocenters. The molecule has 2 aromatic rings. The van der Waals surface area contributed by atoms with Gasteiger partial charge in [-0.1, -0.05) is 5.16 Å². The minimum atomic E-state index is -4.96. The summed E-state index contributed by atoms with van der Waals surface area (Å²) in [5.41, 5.74) is -1.37. The Morgan fingerprint density at radius 1 is 1.27 bits per heavy atom. The average molecular weight is 377 g/mol. The molecule has 0 bridgehead atoms. The summed E-state index contributed by atoms with van der Waals surface area (Å²) in [4.78, 5) is 26.5. The molecule has 1 aromatic carbocycles. The van der Waals surface area contributed by atoms with Crippen LogP contribution in [0.25, 0.3) is 11.4 Å². The van der Waals surface area contributed by atoms with Crippen LogP contribution in [0.1, 0.15) is 18.7 Å². The molecular formula is C14H8F5N3O4. The van der Waals surface area contributed by atoms with Crippen LogP contribution >= 0.6 is 0 Å². The van der Waals surface area contributed by atoms with Gasteiger partial charge in [-0.2, -0.15) is 18.2 Å². The van der Waals surface area contributed by atoms with Gasteiger partial charge >= 0.3 is 18.0 Å². The fraction of sp³-hybridized carbons (Fsp3) is 0.286. The van der Waals surface area contributed by atoms with Crippen LogP contribution < -0.4 is 4.90 Å². The maximum atomic E-state index is 14.4. The van der Waals surface area contributed by atoms with E-state index in [0.29, 0.717) is 4.90 Å². The summed E-state index contributed by atoms with van der Waals surface area (Å²) in [6.07, 6.45) is -5.22. The van der Waals surface area contributed by atoms with Gasteiger partial charge in [-0.15, -0.1) is 0 Å². The van der Waals surface area contributed by atoms with Gasteiger partial charge in [-0.05, 0) is 18.6 Å². The molecule has 1 N–H and O–H groups in total. The normalized spacial score (nSPS) is 17.8. The molecule has 0 saturated carbocycles. The van der Waals surface area contributed by atoms with Crippen molar-refractivity contribution in [2.45, 2.75) is 25.1 Å². The summed E-state index contributed by atoms with van der Waals surface area (Å²) < 4.78 is 70.0. The van der Waals surface area contributed by atoms with E-state index in [4.69, 9.17) is 5.11 Å². The molecule has 138 valence electrons. The summed E-state index contributed by atoms with van der Waals surface area (Å²) in [7, 11) is 0. The average Bonchev–Trinajstić information content (AvgIpc) is 3.17. The zero-order chi connectivity index (χ0) is 19.2. The van der Waals surface area contributed by atoms with Gasteiger partial charge in [0.2, 0.25) is 11.7 Å². The molecule has 0 unspecified atom stereocenters. The summed E-state index contributed by atoms with van der Waals surface area (Å²) in [5, 5.41) is 12.0. The van der Waals surface area contributed by atoms with E-state index in [1.165, 1.54) is 0 Å². The van der Waals surface area contributed by atoms with Crippen LogP contribution in [0.3, 0.4) is 0 Å². The molecule has 1 aliphatic rings. The molecule has 0 spiro atoms. The molecule has 1 aliphatic heterocycles. The van der Waals surface area contributed by atoms with Gasteiger partial charge in [0.25, 0.3) is 0 Å². The second-order valence-electron chi connectivity index (χ2n) is 5.34. The minimum absolute atomic E-state index is 0.0865. The topological polar surface area (TPSA) is 96.5 Å². The standard InChI is InChI=1S/C14H8F5N3O4/c15-9-5(11-20-13(26-21-11)14(17,18)19)1-2-6(10(9)16)22-7(12(24)25)3-4-8(22)23/h1-2,7H,3-4H2,(H,24,25)/t7-/m0/s1. The van der Waals surface area contributed by atoms with E-state index in [9.17, 15) is 31.5 Å². The first-order valence-corrected chi connectivity index (χ1v) is 7.05. The third-order valence-corrected chi connectivity index (χ3v) is 3.73. The summed E-state index contributed by atoms with van der Waals surface area (Å²) in [6.45, 7) is 0. The Morgan fingerprint density at radius 2 is 1.96 bits per heavy atom. The summed E-state index contributed by atoms with van der Waals surface area (Å²) in [6, 6.07) is 0.337. The van der Waals surface area contributed by atoms with Gasteiger partial charge in [0.1, 0.15) is 6.04 Å². The van der Waals surface area contributed by atoms with Crippen molar-refractivity contribution >= 4 is 17.6 Å². The first-order valence-electron chi connectivity index (χ1n) is 7.05. The Labute approximate surface area is 141 Å². The highest BCUT2D eigenvalue weighted by molar-refractivity contribution is 6.02. The molecule has 0 aliphatic carbocycles. The second kappa shape index (κ2) is 6.04. The molecule has 1 amide bonds. The third kappa shape index (κ3) is 2.86. The van der Waals surface area contributed by atoms with E-state index < -0.39 is 58.7 Å². The van der Waals surface area contributed by atoms with E-state index >= 15 is 0 Å². The molecule has 0 radical (unpaired) electrons. The number of carbonyl (C=O) groups is 2. The van der Waals surface area contributed by atoms with Crippen molar-refractivity contribution in [3.8, 4) is 11.4 Å². The van der Waals surface area contributed by atoms with Crippen LogP contribution in [0.5, 0.6) is 0 Å². The number of rotatable bonds is 3. The van der Waals surface area contributed by atoms with Gasteiger partial charge in [-0.25, -0.2) is 13.6 Å². The predicted octanol–water partition coefficient (Wildman–Crippen LogP) is 2.61. The number of alkyl halides is 3. The Hall–Kier alpha value is -3.05. The molecule has 2 heterocycles. The smallest absolute Gasteiger partial charge is 0.471 e. The first kappa shape index (κ1) is 17.8. The minimum Gasteiger partial charge on any atom is -0.480 e. The van der Waals surface area contributed by atoms with Crippen LogP contribution in [0.15, 0.2) is 16.7 Å². The first-order chi connectivity index (χ1) is 12.1. The molecule has 1 saturated heterocycles. The number of amides is 1. The molecule has 1 aromatic heterocycles. The lowest BCUT2D eigenvalue weighted by Crippen LogP contribution is -2.39. The van der Waals surface area contributed by atoms with Crippen LogP contribution in [0.2, 0.25) is 0 Å². The largest absolute Gasteiger partial charge is 0.480 e. The molecule has 7 nitrogen and oxygen atoms in total. The fourth-order valence-corrected chi connectivity index (χ4v) is 2.57. The van der Waals surface area contributed by atoms with Gasteiger partial charge in [0.15, 0.2) is 11.6 Å². The molecule has 3 rings (SSSR count). The lowest BCUT2D eigenvalue weighted by atomic mass is 10.1. The molecule has 1 fully saturated rings. The molecular weight excluding hydrogens is 369 g/mol. The Morgan fingerprint density at radius 3 is 2.54 bits per heavy atom. The van der Waals surface area contributed by atoms with E-state index in [1.54, 1.807) is 0 Å². The highest BCUT2D eigenvalue weighted by atomic mass is 19.4. The zero-order valence-electron chi connectivity index (χ0n) is 12.5. The SMILES string of the molecule is O=C(O)[C@@H]1CCC(=O)N1c1ccc(-c2noc(C(F)(F)F)n2)c(F)c1F. The van der Waals surface area contributed by atoms with Crippen molar-refractivity contribution < 1.29 is 41.2 Å². The van der Waals surface area contributed by atoms with Crippen molar-refractivity contribution in [1.82, 2.24) is 10.1 Å². The third-order valence-electron chi connectivity index (χ3n) is 3.73. The number of carboxylic acid groups (broad SMARTS) is 1. The number of aromatic nitrogens is 2. The monoisotopic (exact) mass is 377 g/mol. The summed E-state index contributed by atoms with van der Waals surface area (Å²) >= 11 is 0. The van der Waals surface area contributed by atoms with Crippen molar-refractivity contribution in [3.63, 3.8) is 0 Å². The summed E-state index contributed by atoms with van der Waals surface area (Å²) in [5.74, 6) is -7.95. The van der Waals surface area contributed by atoms with Crippen LogP contribution in [0.4, 0.5) is 27.6 Å². The number of carbonyl (C=O) groups excluding carboxylic acids is 1. The highest BCUT2D eigenvalue weighted by Gasteiger charge is 2.40. The van der Waals surface area contributed by atoms with E-state index in [-0.39, 0.29) is 12.8 Å². The zero-order valence-corrected chi connectivity index (χ0v) is 12.5. The maximum Gasteiger partial charge on any atom is 0.471 e. The number of hydrogen-bond acceptors (Lipinski definition) is 5. The Balaban J connectivity index is 2.03. The number of hydrogen-bond donors (Lipinski definition) is 1. The van der Waals surface area contributed by atoms with Crippen LogP contribution in [-0.2, 0) is 15.8 Å². The highest BCUT2D eigenvalue weighted by Crippen LogP contribution is 2.35. The lowest BCUT2D eigenvalue weighted by Gasteiger charge is -2.22. The van der Waals surface area contributed by atoms with Gasteiger partial charge in [-0.3, -0.25) is 9.69 Å². The van der Waals surface area contributed by atoms with Gasteiger partial charge < -0.3 is 9.63 Å².